The first-order valence-corrected chi connectivity index (χ1v) is 6.91. The third-order valence-electron chi connectivity index (χ3n) is 3.05. The van der Waals surface area contributed by atoms with Crippen molar-refractivity contribution >= 4 is 16.9 Å². The fourth-order valence-electron chi connectivity index (χ4n) is 2.10. The van der Waals surface area contributed by atoms with E-state index in [0.717, 1.165) is 13.0 Å². The minimum atomic E-state index is -0.909. The number of rotatable bonds is 1. The highest BCUT2D eigenvalue weighted by Crippen LogP contribution is 2.40. The Morgan fingerprint density at radius 3 is 2.20 bits per heavy atom. The van der Waals surface area contributed by atoms with Crippen LogP contribution in [0.2, 0.25) is 0 Å². The number of likely N-dealkylation sites (tertiary alicyclic amines) is 1. The van der Waals surface area contributed by atoms with Gasteiger partial charge in [0.15, 0.2) is 0 Å². The van der Waals surface area contributed by atoms with Gasteiger partial charge in [-0.2, -0.15) is 0 Å². The van der Waals surface area contributed by atoms with Crippen molar-refractivity contribution in [2.75, 3.05) is 32.9 Å². The molecule has 2 saturated heterocycles. The van der Waals surface area contributed by atoms with E-state index in [1.54, 1.807) is 11.2 Å². The van der Waals surface area contributed by atoms with E-state index in [0.29, 0.717) is 13.1 Å². The topological polar surface area (TPSA) is 40.6 Å². The van der Waals surface area contributed by atoms with Gasteiger partial charge in [-0.25, -0.2) is 8.51 Å². The Morgan fingerprint density at radius 1 is 1.33 bits per heavy atom. The van der Waals surface area contributed by atoms with E-state index in [2.05, 4.69) is 0 Å². The molecule has 0 radical (unpaired) electrons. The zero-order valence-electron chi connectivity index (χ0n) is 9.95. The first-order valence-electron chi connectivity index (χ1n) is 5.39. The largest absolute Gasteiger partial charge is 0.345 e. The van der Waals surface area contributed by atoms with Crippen LogP contribution in [0.4, 0.5) is 0 Å². The first kappa shape index (κ1) is 12.6. The minimum absolute atomic E-state index is 0.180. The molecule has 0 N–H and O–H groups in total. The molecule has 0 saturated carbocycles. The van der Waals surface area contributed by atoms with Crippen LogP contribution in [0.25, 0.3) is 0 Å². The molecule has 2 aliphatic rings. The highest BCUT2D eigenvalue weighted by molar-refractivity contribution is 7.81. The molecule has 0 aromatic carbocycles. The van der Waals surface area contributed by atoms with Crippen molar-refractivity contribution in [1.82, 2.24) is 9.21 Å². The Labute approximate surface area is 94.2 Å². The van der Waals surface area contributed by atoms with Crippen LogP contribution in [-0.4, -0.2) is 52.3 Å². The molecule has 88 valence electrons. The Kier molecular flexibility index (Phi) is 3.89. The standard InChI is InChI=1S/C8H14N2O2S.C2H6/c1-9-4-3-8(7(9)11)5-10(6-8)13(2)12;1-2/h3-6H2,1-2H3;1-2H3. The predicted molar refractivity (Wildman–Crippen MR) is 61.7 cm³/mol. The summed E-state index contributed by atoms with van der Waals surface area (Å²) in [4.78, 5) is 13.5. The number of amides is 1. The molecule has 5 heteroatoms. The summed E-state index contributed by atoms with van der Waals surface area (Å²) in [5.74, 6) is 0.231. The van der Waals surface area contributed by atoms with Gasteiger partial charge >= 0.3 is 0 Å². The molecule has 0 bridgehead atoms. The van der Waals surface area contributed by atoms with Crippen molar-refractivity contribution in [2.45, 2.75) is 20.3 Å². The number of nitrogens with zero attached hydrogens (tertiary/aromatic N) is 2. The van der Waals surface area contributed by atoms with Gasteiger partial charge in [-0.3, -0.25) is 4.79 Å². The van der Waals surface area contributed by atoms with Crippen molar-refractivity contribution in [3.05, 3.63) is 0 Å². The summed E-state index contributed by atoms with van der Waals surface area (Å²) < 4.78 is 12.9. The highest BCUT2D eigenvalue weighted by Gasteiger charge is 2.54. The minimum Gasteiger partial charge on any atom is -0.345 e. The second-order valence-electron chi connectivity index (χ2n) is 3.98. The molecule has 2 heterocycles. The molecule has 4 nitrogen and oxygen atoms in total. The Balaban J connectivity index is 0.000000531. The maximum atomic E-state index is 11.7. The van der Waals surface area contributed by atoms with Gasteiger partial charge in [-0.05, 0) is 6.42 Å². The van der Waals surface area contributed by atoms with Crippen LogP contribution in [0.3, 0.4) is 0 Å². The molecule has 2 aliphatic heterocycles. The molecule has 2 fully saturated rings. The summed E-state index contributed by atoms with van der Waals surface area (Å²) in [5.41, 5.74) is -0.180. The number of carbonyl (C=O) groups excluding carboxylic acids is 1. The van der Waals surface area contributed by atoms with Crippen LogP contribution >= 0.6 is 0 Å². The molecular weight excluding hydrogens is 212 g/mol. The first-order chi connectivity index (χ1) is 7.05. The normalized spacial score (nSPS) is 25.9. The monoisotopic (exact) mass is 232 g/mol. The highest BCUT2D eigenvalue weighted by atomic mass is 32.2. The molecule has 0 aliphatic carbocycles. The SMILES string of the molecule is CC.CN1CCC2(CN(S(C)=O)C2)C1=O. The zero-order chi connectivity index (χ0) is 11.6. The van der Waals surface area contributed by atoms with Gasteiger partial charge in [0.05, 0.1) is 16.4 Å². The third-order valence-corrected chi connectivity index (χ3v) is 4.03. The lowest BCUT2D eigenvalue weighted by molar-refractivity contribution is -0.140. The van der Waals surface area contributed by atoms with Crippen molar-refractivity contribution in [3.63, 3.8) is 0 Å². The molecule has 2 rings (SSSR count). The molecular formula is C10H20N2O2S. The van der Waals surface area contributed by atoms with Crippen LogP contribution in [-0.2, 0) is 15.8 Å². The van der Waals surface area contributed by atoms with Crippen LogP contribution in [0, 0.1) is 5.41 Å². The van der Waals surface area contributed by atoms with E-state index < -0.39 is 11.0 Å². The predicted octanol–water partition coefficient (Wildman–Crippen LogP) is 0.470. The van der Waals surface area contributed by atoms with Crippen LogP contribution < -0.4 is 0 Å². The van der Waals surface area contributed by atoms with E-state index in [-0.39, 0.29) is 11.3 Å². The second kappa shape index (κ2) is 4.61. The van der Waals surface area contributed by atoms with E-state index in [1.165, 1.54) is 0 Å². The van der Waals surface area contributed by atoms with Gasteiger partial charge < -0.3 is 4.90 Å². The smallest absolute Gasteiger partial charge is 0.231 e. The molecule has 1 spiro atoms. The number of carbonyl (C=O) groups is 1. The van der Waals surface area contributed by atoms with Gasteiger partial charge in [0.25, 0.3) is 0 Å². The maximum Gasteiger partial charge on any atom is 0.231 e. The summed E-state index contributed by atoms with van der Waals surface area (Å²) >= 11 is 0. The zero-order valence-corrected chi connectivity index (χ0v) is 10.8. The van der Waals surface area contributed by atoms with Crippen molar-refractivity contribution in [2.24, 2.45) is 5.41 Å². The summed E-state index contributed by atoms with van der Waals surface area (Å²) in [6, 6.07) is 0. The maximum absolute atomic E-state index is 11.7. The van der Waals surface area contributed by atoms with E-state index in [9.17, 15) is 9.00 Å². The van der Waals surface area contributed by atoms with Crippen LogP contribution in [0.5, 0.6) is 0 Å². The van der Waals surface area contributed by atoms with Crippen molar-refractivity contribution < 1.29 is 9.00 Å². The number of hydrogen-bond acceptors (Lipinski definition) is 2. The number of hydrogen-bond donors (Lipinski definition) is 0. The fourth-order valence-corrected chi connectivity index (χ4v) is 2.96. The van der Waals surface area contributed by atoms with Gasteiger partial charge in [0.1, 0.15) is 0 Å². The van der Waals surface area contributed by atoms with Crippen LogP contribution in [0.15, 0.2) is 0 Å². The summed E-state index contributed by atoms with van der Waals surface area (Å²) in [6.45, 7) is 6.21. The van der Waals surface area contributed by atoms with Crippen molar-refractivity contribution in [1.29, 1.82) is 0 Å². The molecule has 15 heavy (non-hydrogen) atoms. The fraction of sp³-hybridized carbons (Fsp3) is 0.900. The lowest BCUT2D eigenvalue weighted by Gasteiger charge is -2.44. The molecule has 0 aromatic heterocycles. The van der Waals surface area contributed by atoms with E-state index in [1.807, 2.05) is 25.2 Å². The lowest BCUT2D eigenvalue weighted by Crippen LogP contribution is -2.59. The third kappa shape index (κ3) is 2.08. The Hall–Kier alpha value is -0.420. The van der Waals surface area contributed by atoms with Gasteiger partial charge in [0.2, 0.25) is 5.91 Å². The van der Waals surface area contributed by atoms with Gasteiger partial charge in [-0.15, -0.1) is 0 Å². The average molecular weight is 232 g/mol. The molecule has 1 unspecified atom stereocenters. The summed E-state index contributed by atoms with van der Waals surface area (Å²) in [6.07, 6.45) is 2.59. The van der Waals surface area contributed by atoms with E-state index >= 15 is 0 Å². The van der Waals surface area contributed by atoms with Crippen molar-refractivity contribution in [3.8, 4) is 0 Å². The summed E-state index contributed by atoms with van der Waals surface area (Å²) in [7, 11) is 0.927. The second-order valence-corrected chi connectivity index (χ2v) is 5.34. The average Bonchev–Trinajstić information content (AvgIpc) is 2.45. The quantitative estimate of drug-likeness (QED) is 0.659. The Bertz CT molecular complexity index is 275. The molecule has 1 atom stereocenters. The molecule has 0 aromatic rings. The van der Waals surface area contributed by atoms with E-state index in [4.69, 9.17) is 0 Å². The summed E-state index contributed by atoms with van der Waals surface area (Å²) in [5, 5.41) is 0. The van der Waals surface area contributed by atoms with Gasteiger partial charge in [0, 0.05) is 32.9 Å². The Morgan fingerprint density at radius 2 is 1.87 bits per heavy atom. The van der Waals surface area contributed by atoms with Gasteiger partial charge in [-0.1, -0.05) is 13.8 Å². The van der Waals surface area contributed by atoms with Crippen LogP contribution in [0.1, 0.15) is 20.3 Å². The lowest BCUT2D eigenvalue weighted by atomic mass is 9.80. The molecule has 1 amide bonds.